The molecule has 0 saturated heterocycles. The van der Waals surface area contributed by atoms with Crippen LogP contribution in [0.4, 0.5) is 4.39 Å². The lowest BCUT2D eigenvalue weighted by molar-refractivity contribution is -0.133. The largest absolute Gasteiger partial charge is 0.481 e. The Morgan fingerprint density at radius 2 is 1.71 bits per heavy atom. The Kier molecular flexibility index (Phi) is 9.61. The molecule has 2 rings (SSSR count). The van der Waals surface area contributed by atoms with Gasteiger partial charge in [-0.2, -0.15) is 11.8 Å². The normalized spacial score (nSPS) is 12.4. The van der Waals surface area contributed by atoms with Gasteiger partial charge in [-0.3, -0.25) is 25.2 Å². The summed E-state index contributed by atoms with van der Waals surface area (Å²) in [6, 6.07) is 10.8. The Morgan fingerprint density at radius 3 is 2.35 bits per heavy atom. The fourth-order valence-electron chi connectivity index (χ4n) is 2.47. The van der Waals surface area contributed by atoms with Crippen molar-refractivity contribution in [1.29, 1.82) is 0 Å². The number of benzene rings is 2. The SMILES string of the molecule is CSCC[C@H](NC(=O)c1ccccc1Cl)C(=O)NNC(=O)[C@H](C)Oc1ccc(F)cc1. The molecule has 0 aliphatic heterocycles. The molecule has 0 aromatic heterocycles. The molecule has 0 fully saturated rings. The Morgan fingerprint density at radius 1 is 1.06 bits per heavy atom. The third-order valence-corrected chi connectivity index (χ3v) is 5.13. The van der Waals surface area contributed by atoms with Gasteiger partial charge in [0.15, 0.2) is 6.10 Å². The van der Waals surface area contributed by atoms with Crippen LogP contribution in [0.15, 0.2) is 48.5 Å². The molecular weight excluding hydrogens is 445 g/mol. The molecule has 0 heterocycles. The zero-order valence-electron chi connectivity index (χ0n) is 17.0. The summed E-state index contributed by atoms with van der Waals surface area (Å²) in [6.45, 7) is 1.48. The van der Waals surface area contributed by atoms with Crippen LogP contribution in [0.3, 0.4) is 0 Å². The van der Waals surface area contributed by atoms with Crippen LogP contribution in [0.5, 0.6) is 5.75 Å². The lowest BCUT2D eigenvalue weighted by Crippen LogP contribution is -2.54. The summed E-state index contributed by atoms with van der Waals surface area (Å²) in [5.41, 5.74) is 4.82. The van der Waals surface area contributed by atoms with Gasteiger partial charge in [0.25, 0.3) is 17.7 Å². The van der Waals surface area contributed by atoms with Crippen molar-refractivity contribution in [2.75, 3.05) is 12.0 Å². The molecule has 3 amide bonds. The van der Waals surface area contributed by atoms with Gasteiger partial charge in [-0.15, -0.1) is 0 Å². The number of hydrazine groups is 1. The summed E-state index contributed by atoms with van der Waals surface area (Å²) >= 11 is 7.56. The van der Waals surface area contributed by atoms with Crippen molar-refractivity contribution >= 4 is 41.1 Å². The quantitative estimate of drug-likeness (QED) is 0.493. The van der Waals surface area contributed by atoms with Gasteiger partial charge in [-0.25, -0.2) is 4.39 Å². The maximum atomic E-state index is 13.0. The van der Waals surface area contributed by atoms with Crippen molar-refractivity contribution in [3.63, 3.8) is 0 Å². The van der Waals surface area contributed by atoms with Crippen molar-refractivity contribution in [2.24, 2.45) is 0 Å². The first-order chi connectivity index (χ1) is 14.8. The molecule has 2 aromatic rings. The highest BCUT2D eigenvalue weighted by molar-refractivity contribution is 7.98. The van der Waals surface area contributed by atoms with E-state index in [1.54, 1.807) is 24.3 Å². The minimum absolute atomic E-state index is 0.247. The fourth-order valence-corrected chi connectivity index (χ4v) is 3.16. The summed E-state index contributed by atoms with van der Waals surface area (Å²) in [5.74, 6) is -1.20. The van der Waals surface area contributed by atoms with Gasteiger partial charge in [-0.1, -0.05) is 23.7 Å². The predicted octanol–water partition coefficient (Wildman–Crippen LogP) is 2.95. The summed E-state index contributed by atoms with van der Waals surface area (Å²) in [4.78, 5) is 37.3. The highest BCUT2D eigenvalue weighted by atomic mass is 35.5. The van der Waals surface area contributed by atoms with E-state index in [0.717, 1.165) is 0 Å². The number of nitrogens with one attached hydrogen (secondary N) is 3. The molecular formula is C21H23ClFN3O4S. The second-order valence-corrected chi connectivity index (χ2v) is 7.87. The van der Waals surface area contributed by atoms with Gasteiger partial charge in [0.2, 0.25) is 0 Å². The van der Waals surface area contributed by atoms with Crippen LogP contribution in [-0.2, 0) is 9.59 Å². The average molecular weight is 468 g/mol. The van der Waals surface area contributed by atoms with E-state index in [1.165, 1.54) is 43.0 Å². The monoisotopic (exact) mass is 467 g/mol. The Labute approximate surface area is 189 Å². The third-order valence-electron chi connectivity index (χ3n) is 4.16. The molecule has 0 bridgehead atoms. The number of carbonyl (C=O) groups is 3. The van der Waals surface area contributed by atoms with E-state index in [2.05, 4.69) is 16.2 Å². The number of hydrogen-bond acceptors (Lipinski definition) is 5. The van der Waals surface area contributed by atoms with E-state index in [9.17, 15) is 18.8 Å². The molecule has 0 aliphatic carbocycles. The number of carbonyl (C=O) groups excluding carboxylic acids is 3. The first-order valence-corrected chi connectivity index (χ1v) is 11.1. The van der Waals surface area contributed by atoms with Crippen LogP contribution < -0.4 is 20.9 Å². The van der Waals surface area contributed by atoms with Crippen LogP contribution in [0.25, 0.3) is 0 Å². The van der Waals surface area contributed by atoms with Gasteiger partial charge in [0.05, 0.1) is 10.6 Å². The van der Waals surface area contributed by atoms with Crippen LogP contribution in [0, 0.1) is 5.82 Å². The smallest absolute Gasteiger partial charge is 0.279 e. The second-order valence-electron chi connectivity index (χ2n) is 6.48. The van der Waals surface area contributed by atoms with Gasteiger partial charge < -0.3 is 10.1 Å². The zero-order chi connectivity index (χ0) is 22.8. The van der Waals surface area contributed by atoms with E-state index < -0.39 is 35.7 Å². The molecule has 0 saturated carbocycles. The summed E-state index contributed by atoms with van der Waals surface area (Å²) < 4.78 is 18.4. The zero-order valence-corrected chi connectivity index (χ0v) is 18.6. The summed E-state index contributed by atoms with van der Waals surface area (Å²) in [7, 11) is 0. The average Bonchev–Trinajstić information content (AvgIpc) is 2.76. The third kappa shape index (κ3) is 7.76. The lowest BCUT2D eigenvalue weighted by atomic mass is 10.1. The highest BCUT2D eigenvalue weighted by Crippen LogP contribution is 2.15. The predicted molar refractivity (Wildman–Crippen MR) is 118 cm³/mol. The van der Waals surface area contributed by atoms with Crippen LogP contribution in [0.2, 0.25) is 5.02 Å². The number of ether oxygens (including phenoxy) is 1. The van der Waals surface area contributed by atoms with E-state index in [1.807, 2.05) is 6.26 Å². The van der Waals surface area contributed by atoms with Crippen molar-refractivity contribution in [1.82, 2.24) is 16.2 Å². The van der Waals surface area contributed by atoms with Crippen molar-refractivity contribution in [3.8, 4) is 5.75 Å². The first kappa shape index (κ1) is 24.5. The van der Waals surface area contributed by atoms with E-state index in [-0.39, 0.29) is 10.6 Å². The number of rotatable bonds is 9. The maximum absolute atomic E-state index is 13.0. The van der Waals surface area contributed by atoms with Crippen molar-refractivity contribution in [3.05, 3.63) is 64.9 Å². The van der Waals surface area contributed by atoms with Gasteiger partial charge in [0, 0.05) is 0 Å². The van der Waals surface area contributed by atoms with Gasteiger partial charge in [0.1, 0.15) is 17.6 Å². The molecule has 31 heavy (non-hydrogen) atoms. The molecule has 2 aromatic carbocycles. The first-order valence-electron chi connectivity index (χ1n) is 9.38. The van der Waals surface area contributed by atoms with Gasteiger partial charge in [-0.05, 0) is 61.8 Å². The molecule has 0 unspecified atom stereocenters. The molecule has 10 heteroatoms. The Bertz CT molecular complexity index is 914. The van der Waals surface area contributed by atoms with Crippen molar-refractivity contribution < 1.29 is 23.5 Å². The van der Waals surface area contributed by atoms with E-state index >= 15 is 0 Å². The molecule has 3 N–H and O–H groups in total. The van der Waals surface area contributed by atoms with Crippen LogP contribution in [-0.4, -0.2) is 41.9 Å². The standard InChI is InChI=1S/C21H23ClFN3O4S/c1-13(30-15-9-7-14(23)8-10-15)19(27)25-26-21(29)18(11-12-31-2)24-20(28)16-5-3-4-6-17(16)22/h3-10,13,18H,11-12H2,1-2H3,(H,24,28)(H,25,27)(H,26,29)/t13-,18-/m0/s1. The van der Waals surface area contributed by atoms with Crippen LogP contribution in [0.1, 0.15) is 23.7 Å². The number of halogens is 2. The minimum atomic E-state index is -0.951. The second kappa shape index (κ2) is 12.2. The highest BCUT2D eigenvalue weighted by Gasteiger charge is 2.23. The fraction of sp³-hybridized carbons (Fsp3) is 0.286. The molecule has 0 radical (unpaired) electrons. The Hall–Kier alpha value is -2.78. The minimum Gasteiger partial charge on any atom is -0.481 e. The maximum Gasteiger partial charge on any atom is 0.279 e. The number of amides is 3. The van der Waals surface area contributed by atoms with E-state index in [0.29, 0.717) is 17.9 Å². The number of thioether (sulfide) groups is 1. The molecule has 7 nitrogen and oxygen atoms in total. The molecule has 0 aliphatic rings. The van der Waals surface area contributed by atoms with Crippen LogP contribution >= 0.6 is 23.4 Å². The van der Waals surface area contributed by atoms with Crippen molar-refractivity contribution in [2.45, 2.75) is 25.5 Å². The summed E-state index contributed by atoms with van der Waals surface area (Å²) in [5, 5.41) is 2.91. The number of hydrogen-bond donors (Lipinski definition) is 3. The topological polar surface area (TPSA) is 96.5 Å². The Balaban J connectivity index is 1.93. The summed E-state index contributed by atoms with van der Waals surface area (Å²) in [6.07, 6.45) is 1.27. The molecule has 166 valence electrons. The molecule has 0 spiro atoms. The lowest BCUT2D eigenvalue weighted by Gasteiger charge is -2.20. The van der Waals surface area contributed by atoms with E-state index in [4.69, 9.17) is 16.3 Å². The molecule has 2 atom stereocenters. The van der Waals surface area contributed by atoms with Gasteiger partial charge >= 0.3 is 0 Å².